The topological polar surface area (TPSA) is 63.3 Å². The second-order valence-corrected chi connectivity index (χ2v) is 7.54. The fourth-order valence-corrected chi connectivity index (χ4v) is 3.18. The standard InChI is InChI=1S/C22H31N7.HI/c1-5-23-22(25-14-21-24-11-12-28(21)15-18(2)3)27(4)16-19-13-26-29(17-19)20-9-7-6-8-10-20;/h6-13,17-18H,5,14-16H2,1-4H3,(H,23,25);1H. The number of benzene rings is 1. The monoisotopic (exact) mass is 521 g/mol. The molecule has 3 aromatic rings. The molecule has 0 bridgehead atoms. The number of guanidine groups is 1. The lowest BCUT2D eigenvalue weighted by Gasteiger charge is -2.21. The average molecular weight is 521 g/mol. The number of rotatable bonds is 8. The molecule has 0 aliphatic heterocycles. The average Bonchev–Trinajstić information content (AvgIpc) is 3.35. The van der Waals surface area contributed by atoms with E-state index in [-0.39, 0.29) is 24.0 Å². The highest BCUT2D eigenvalue weighted by Gasteiger charge is 2.10. The van der Waals surface area contributed by atoms with Gasteiger partial charge in [0.15, 0.2) is 5.96 Å². The summed E-state index contributed by atoms with van der Waals surface area (Å²) in [6.45, 7) is 9.54. The van der Waals surface area contributed by atoms with Gasteiger partial charge in [-0.3, -0.25) is 0 Å². The molecule has 0 fully saturated rings. The summed E-state index contributed by atoms with van der Waals surface area (Å²) < 4.78 is 4.08. The minimum atomic E-state index is 0. The fourth-order valence-electron chi connectivity index (χ4n) is 3.18. The largest absolute Gasteiger partial charge is 0.357 e. The molecule has 1 N–H and O–H groups in total. The molecular formula is C22H32IN7. The van der Waals surface area contributed by atoms with Crippen LogP contribution in [0.15, 0.2) is 60.1 Å². The highest BCUT2D eigenvalue weighted by molar-refractivity contribution is 14.0. The maximum absolute atomic E-state index is 4.81. The Hall–Kier alpha value is -2.36. The molecule has 0 radical (unpaired) electrons. The zero-order valence-corrected chi connectivity index (χ0v) is 20.5. The summed E-state index contributed by atoms with van der Waals surface area (Å²) in [4.78, 5) is 11.4. The lowest BCUT2D eigenvalue weighted by atomic mass is 10.2. The third-order valence-corrected chi connectivity index (χ3v) is 4.51. The highest BCUT2D eigenvalue weighted by atomic mass is 127. The van der Waals surface area contributed by atoms with Gasteiger partial charge in [-0.1, -0.05) is 32.0 Å². The predicted molar refractivity (Wildman–Crippen MR) is 132 cm³/mol. The lowest BCUT2D eigenvalue weighted by molar-refractivity contribution is 0.473. The third kappa shape index (κ3) is 6.58. The number of nitrogens with one attached hydrogen (secondary N) is 1. The van der Waals surface area contributed by atoms with Crippen LogP contribution in [0.4, 0.5) is 0 Å². The number of imidazole rings is 1. The first-order chi connectivity index (χ1) is 14.1. The van der Waals surface area contributed by atoms with Crippen molar-refractivity contribution in [3.05, 3.63) is 66.5 Å². The zero-order chi connectivity index (χ0) is 20.6. The molecule has 2 aromatic heterocycles. The van der Waals surface area contributed by atoms with E-state index in [0.29, 0.717) is 12.5 Å². The molecule has 30 heavy (non-hydrogen) atoms. The van der Waals surface area contributed by atoms with Crippen molar-refractivity contribution in [2.75, 3.05) is 13.6 Å². The Balaban J connectivity index is 0.00000320. The van der Waals surface area contributed by atoms with Gasteiger partial charge in [0.2, 0.25) is 0 Å². The van der Waals surface area contributed by atoms with Crippen LogP contribution < -0.4 is 5.32 Å². The number of para-hydroxylation sites is 1. The molecule has 0 spiro atoms. The molecule has 0 saturated heterocycles. The van der Waals surface area contributed by atoms with E-state index >= 15 is 0 Å². The summed E-state index contributed by atoms with van der Waals surface area (Å²) >= 11 is 0. The highest BCUT2D eigenvalue weighted by Crippen LogP contribution is 2.10. The summed E-state index contributed by atoms with van der Waals surface area (Å²) in [5.41, 5.74) is 2.18. The van der Waals surface area contributed by atoms with Gasteiger partial charge in [0.25, 0.3) is 0 Å². The molecule has 162 valence electrons. The number of hydrogen-bond donors (Lipinski definition) is 1. The van der Waals surface area contributed by atoms with Crippen LogP contribution in [-0.4, -0.2) is 43.8 Å². The molecule has 7 nitrogen and oxygen atoms in total. The zero-order valence-electron chi connectivity index (χ0n) is 18.2. The van der Waals surface area contributed by atoms with Crippen molar-refractivity contribution in [3.63, 3.8) is 0 Å². The number of halogens is 1. The van der Waals surface area contributed by atoms with E-state index in [4.69, 9.17) is 4.99 Å². The molecule has 2 heterocycles. The van der Waals surface area contributed by atoms with Crippen molar-refractivity contribution >= 4 is 29.9 Å². The van der Waals surface area contributed by atoms with Crippen LogP contribution in [0.25, 0.3) is 5.69 Å². The second-order valence-electron chi connectivity index (χ2n) is 7.54. The van der Waals surface area contributed by atoms with E-state index < -0.39 is 0 Å². The van der Waals surface area contributed by atoms with Crippen LogP contribution in [0, 0.1) is 5.92 Å². The van der Waals surface area contributed by atoms with E-state index in [9.17, 15) is 0 Å². The smallest absolute Gasteiger partial charge is 0.194 e. The van der Waals surface area contributed by atoms with E-state index in [1.807, 2.05) is 60.7 Å². The van der Waals surface area contributed by atoms with Crippen LogP contribution in [0.2, 0.25) is 0 Å². The third-order valence-electron chi connectivity index (χ3n) is 4.51. The minimum Gasteiger partial charge on any atom is -0.357 e. The molecule has 0 atom stereocenters. The summed E-state index contributed by atoms with van der Waals surface area (Å²) in [6, 6.07) is 10.1. The first-order valence-corrected chi connectivity index (χ1v) is 10.1. The van der Waals surface area contributed by atoms with Crippen molar-refractivity contribution in [3.8, 4) is 5.69 Å². The summed E-state index contributed by atoms with van der Waals surface area (Å²) in [5, 5.41) is 7.86. The van der Waals surface area contributed by atoms with Crippen molar-refractivity contribution < 1.29 is 0 Å². The van der Waals surface area contributed by atoms with Gasteiger partial charge in [0.1, 0.15) is 12.4 Å². The number of hydrogen-bond acceptors (Lipinski definition) is 3. The van der Waals surface area contributed by atoms with Gasteiger partial charge >= 0.3 is 0 Å². The van der Waals surface area contributed by atoms with E-state index in [1.165, 1.54) is 0 Å². The van der Waals surface area contributed by atoms with Gasteiger partial charge in [-0.15, -0.1) is 24.0 Å². The molecule has 0 saturated carbocycles. The Morgan fingerprint density at radius 2 is 2.00 bits per heavy atom. The van der Waals surface area contributed by atoms with Crippen LogP contribution in [-0.2, 0) is 19.6 Å². The number of aliphatic imine (C=N–C) groups is 1. The Morgan fingerprint density at radius 3 is 2.70 bits per heavy atom. The Morgan fingerprint density at radius 1 is 1.23 bits per heavy atom. The molecule has 0 aliphatic rings. The van der Waals surface area contributed by atoms with Gasteiger partial charge < -0.3 is 14.8 Å². The molecule has 0 amide bonds. The molecule has 0 aliphatic carbocycles. The first-order valence-electron chi connectivity index (χ1n) is 10.1. The van der Waals surface area contributed by atoms with Gasteiger partial charge in [0, 0.05) is 50.8 Å². The Bertz CT molecular complexity index is 914. The van der Waals surface area contributed by atoms with Crippen LogP contribution in [0.5, 0.6) is 0 Å². The fraction of sp³-hybridized carbons (Fsp3) is 0.409. The maximum atomic E-state index is 4.81. The number of nitrogens with zero attached hydrogens (tertiary/aromatic N) is 6. The Labute approximate surface area is 196 Å². The van der Waals surface area contributed by atoms with E-state index in [0.717, 1.165) is 42.7 Å². The van der Waals surface area contributed by atoms with Crippen LogP contribution in [0.3, 0.4) is 0 Å². The molecule has 0 unspecified atom stereocenters. The van der Waals surface area contributed by atoms with Crippen molar-refractivity contribution in [2.24, 2.45) is 10.9 Å². The maximum Gasteiger partial charge on any atom is 0.194 e. The van der Waals surface area contributed by atoms with Gasteiger partial charge in [0.05, 0.1) is 11.9 Å². The minimum absolute atomic E-state index is 0. The molecule has 8 heteroatoms. The van der Waals surface area contributed by atoms with Gasteiger partial charge in [-0.2, -0.15) is 5.10 Å². The number of aromatic nitrogens is 4. The SMILES string of the molecule is CCNC(=NCc1nccn1CC(C)C)N(C)Cc1cnn(-c2ccccc2)c1.I. The predicted octanol–water partition coefficient (Wildman–Crippen LogP) is 3.94. The lowest BCUT2D eigenvalue weighted by Crippen LogP contribution is -2.38. The quantitative estimate of drug-likeness (QED) is 0.277. The molecule has 1 aromatic carbocycles. The Kier molecular flexibility index (Phi) is 9.35. The van der Waals surface area contributed by atoms with Crippen molar-refractivity contribution in [2.45, 2.75) is 40.4 Å². The summed E-state index contributed by atoms with van der Waals surface area (Å²) in [7, 11) is 2.04. The van der Waals surface area contributed by atoms with Gasteiger partial charge in [-0.25, -0.2) is 14.7 Å². The first kappa shape index (κ1) is 23.9. The van der Waals surface area contributed by atoms with Gasteiger partial charge in [-0.05, 0) is 25.0 Å². The van der Waals surface area contributed by atoms with Crippen LogP contribution in [0.1, 0.15) is 32.2 Å². The van der Waals surface area contributed by atoms with Crippen molar-refractivity contribution in [1.29, 1.82) is 0 Å². The molecule has 3 rings (SSSR count). The second kappa shape index (κ2) is 11.7. The van der Waals surface area contributed by atoms with E-state index in [1.54, 1.807) is 0 Å². The summed E-state index contributed by atoms with van der Waals surface area (Å²) in [5.74, 6) is 2.42. The van der Waals surface area contributed by atoms with Crippen molar-refractivity contribution in [1.82, 2.24) is 29.5 Å². The van der Waals surface area contributed by atoms with E-state index in [2.05, 4.69) is 51.8 Å². The van der Waals surface area contributed by atoms with Crippen LogP contribution >= 0.6 is 24.0 Å². The normalized spacial score (nSPS) is 11.4. The molecular weight excluding hydrogens is 489 g/mol. The summed E-state index contributed by atoms with van der Waals surface area (Å²) in [6.07, 6.45) is 7.84.